The van der Waals surface area contributed by atoms with Crippen molar-refractivity contribution >= 4 is 17.2 Å². The van der Waals surface area contributed by atoms with Gasteiger partial charge in [-0.15, -0.1) is 11.3 Å². The van der Waals surface area contributed by atoms with Crippen molar-refractivity contribution in [2.45, 2.75) is 52.1 Å². The highest BCUT2D eigenvalue weighted by molar-refractivity contribution is 7.11. The van der Waals surface area contributed by atoms with Crippen LogP contribution in [0.25, 0.3) is 0 Å². The molecule has 0 saturated carbocycles. The predicted molar refractivity (Wildman–Crippen MR) is 105 cm³/mol. The van der Waals surface area contributed by atoms with Gasteiger partial charge in [-0.1, -0.05) is 6.92 Å². The number of thiazole rings is 1. The highest BCUT2D eigenvalue weighted by Gasteiger charge is 2.26. The predicted octanol–water partition coefficient (Wildman–Crippen LogP) is 2.75. The van der Waals surface area contributed by atoms with Crippen LogP contribution in [0, 0.1) is 6.92 Å². The molecule has 1 fully saturated rings. The van der Waals surface area contributed by atoms with Gasteiger partial charge in [-0.05, 0) is 32.6 Å². The van der Waals surface area contributed by atoms with E-state index in [1.807, 2.05) is 16.0 Å². The van der Waals surface area contributed by atoms with E-state index in [9.17, 15) is 0 Å². The molecule has 6 nitrogen and oxygen atoms in total. The lowest BCUT2D eigenvalue weighted by atomic mass is 9.98. The van der Waals surface area contributed by atoms with E-state index >= 15 is 0 Å². The summed E-state index contributed by atoms with van der Waals surface area (Å²) in [7, 11) is 2.05. The Labute approximate surface area is 159 Å². The van der Waals surface area contributed by atoms with Crippen LogP contribution < -0.4 is 10.2 Å². The largest absolute Gasteiger partial charge is 0.378 e. The summed E-state index contributed by atoms with van der Waals surface area (Å²) in [5.74, 6) is 1.24. The van der Waals surface area contributed by atoms with Crippen molar-refractivity contribution in [1.82, 2.24) is 20.1 Å². The van der Waals surface area contributed by atoms with Crippen molar-refractivity contribution in [3.05, 3.63) is 26.8 Å². The van der Waals surface area contributed by atoms with Crippen LogP contribution in [-0.2, 0) is 31.2 Å². The van der Waals surface area contributed by atoms with Gasteiger partial charge in [0.05, 0.1) is 29.6 Å². The van der Waals surface area contributed by atoms with Crippen LogP contribution in [0.1, 0.15) is 52.6 Å². The second kappa shape index (κ2) is 7.66. The maximum atomic E-state index is 5.52. The normalized spacial score (nSPS) is 20.4. The van der Waals surface area contributed by atoms with E-state index in [-0.39, 0.29) is 0 Å². The Morgan fingerprint density at radius 2 is 2.12 bits per heavy atom. The average Bonchev–Trinajstić information content (AvgIpc) is 3.21. The van der Waals surface area contributed by atoms with Gasteiger partial charge >= 0.3 is 0 Å². The first kappa shape index (κ1) is 17.9. The summed E-state index contributed by atoms with van der Waals surface area (Å²) in [6, 6.07) is 0.425. The lowest BCUT2D eigenvalue weighted by Crippen LogP contribution is -2.38. The fourth-order valence-electron chi connectivity index (χ4n) is 4.11. The molecule has 2 aliphatic rings. The summed E-state index contributed by atoms with van der Waals surface area (Å²) < 4.78 is 7.56. The highest BCUT2D eigenvalue weighted by Crippen LogP contribution is 2.35. The molecule has 1 aliphatic carbocycles. The smallest absolute Gasteiger partial charge is 0.131 e. The molecule has 4 rings (SSSR count). The first-order valence-electron chi connectivity index (χ1n) is 9.74. The Hall–Kier alpha value is -1.44. The average molecular weight is 376 g/mol. The van der Waals surface area contributed by atoms with E-state index in [1.165, 1.54) is 39.8 Å². The maximum Gasteiger partial charge on any atom is 0.131 e. The number of hydrogen-bond donors (Lipinski definition) is 1. The fraction of sp³-hybridized carbons (Fsp3) is 0.684. The molecular formula is C19H29N5OS. The summed E-state index contributed by atoms with van der Waals surface area (Å²) in [6.07, 6.45) is 4.59. The van der Waals surface area contributed by atoms with Gasteiger partial charge in [-0.3, -0.25) is 4.68 Å². The van der Waals surface area contributed by atoms with Crippen LogP contribution >= 0.6 is 11.3 Å². The van der Waals surface area contributed by atoms with Gasteiger partial charge in [0.15, 0.2) is 0 Å². The van der Waals surface area contributed by atoms with E-state index in [0.717, 1.165) is 51.4 Å². The van der Waals surface area contributed by atoms with Gasteiger partial charge in [-0.25, -0.2) is 4.98 Å². The zero-order chi connectivity index (χ0) is 18.1. The summed E-state index contributed by atoms with van der Waals surface area (Å²) >= 11 is 1.90. The molecule has 3 heterocycles. The van der Waals surface area contributed by atoms with Gasteiger partial charge in [0, 0.05) is 43.2 Å². The Morgan fingerprint density at radius 1 is 1.31 bits per heavy atom. The minimum atomic E-state index is 0.425. The van der Waals surface area contributed by atoms with Crippen LogP contribution in [0.3, 0.4) is 0 Å². The van der Waals surface area contributed by atoms with Crippen LogP contribution in [0.2, 0.25) is 0 Å². The Kier molecular flexibility index (Phi) is 5.29. The van der Waals surface area contributed by atoms with E-state index in [1.54, 1.807) is 0 Å². The van der Waals surface area contributed by atoms with Crippen molar-refractivity contribution in [2.24, 2.45) is 7.05 Å². The number of fused-ring (bicyclic) bond motifs is 1. The zero-order valence-corrected chi connectivity index (χ0v) is 16.9. The molecule has 2 aromatic rings. The molecule has 1 N–H and O–H groups in total. The molecule has 0 amide bonds. The van der Waals surface area contributed by atoms with E-state index in [2.05, 4.69) is 31.1 Å². The van der Waals surface area contributed by atoms with Gasteiger partial charge in [0.1, 0.15) is 5.82 Å². The minimum absolute atomic E-state index is 0.425. The van der Waals surface area contributed by atoms with Gasteiger partial charge < -0.3 is 15.0 Å². The van der Waals surface area contributed by atoms with E-state index in [0.29, 0.717) is 6.04 Å². The quantitative estimate of drug-likeness (QED) is 0.871. The van der Waals surface area contributed by atoms with Crippen molar-refractivity contribution in [2.75, 3.05) is 31.2 Å². The van der Waals surface area contributed by atoms with E-state index < -0.39 is 0 Å². The van der Waals surface area contributed by atoms with Crippen molar-refractivity contribution < 1.29 is 4.74 Å². The molecule has 2 aromatic heterocycles. The Bertz CT molecular complexity index is 762. The molecule has 1 aliphatic heterocycles. The number of anilines is 1. The minimum Gasteiger partial charge on any atom is -0.378 e. The molecule has 7 heteroatoms. The molecular weight excluding hydrogens is 346 g/mol. The van der Waals surface area contributed by atoms with Crippen molar-refractivity contribution in [3.63, 3.8) is 0 Å². The number of morpholine rings is 1. The summed E-state index contributed by atoms with van der Waals surface area (Å²) in [6.45, 7) is 8.64. The van der Waals surface area contributed by atoms with Crippen molar-refractivity contribution in [3.8, 4) is 0 Å². The van der Waals surface area contributed by atoms with Crippen LogP contribution in [0.5, 0.6) is 0 Å². The summed E-state index contributed by atoms with van der Waals surface area (Å²) in [5.41, 5.74) is 3.77. The second-order valence-corrected chi connectivity index (χ2v) is 8.32. The fourth-order valence-corrected chi connectivity index (χ4v) is 5.27. The van der Waals surface area contributed by atoms with Gasteiger partial charge in [-0.2, -0.15) is 5.10 Å². The zero-order valence-electron chi connectivity index (χ0n) is 16.0. The molecule has 0 radical (unpaired) electrons. The topological polar surface area (TPSA) is 55.2 Å². The number of aromatic nitrogens is 3. The summed E-state index contributed by atoms with van der Waals surface area (Å²) in [5, 5.41) is 9.79. The molecule has 26 heavy (non-hydrogen) atoms. The third-order valence-corrected chi connectivity index (χ3v) is 6.80. The molecule has 0 bridgehead atoms. The number of hydrogen-bond acceptors (Lipinski definition) is 6. The summed E-state index contributed by atoms with van der Waals surface area (Å²) in [4.78, 5) is 8.70. The third-order valence-electron chi connectivity index (χ3n) is 5.45. The van der Waals surface area contributed by atoms with Crippen LogP contribution in [0.4, 0.5) is 5.82 Å². The molecule has 1 saturated heterocycles. The van der Waals surface area contributed by atoms with Crippen LogP contribution in [-0.4, -0.2) is 41.1 Å². The number of aryl methyl sites for hydroxylation is 4. The molecule has 0 aromatic carbocycles. The molecule has 0 spiro atoms. The number of rotatable bonds is 5. The Morgan fingerprint density at radius 3 is 2.88 bits per heavy atom. The lowest BCUT2D eigenvalue weighted by molar-refractivity contribution is 0.122. The monoisotopic (exact) mass is 375 g/mol. The van der Waals surface area contributed by atoms with E-state index in [4.69, 9.17) is 14.8 Å². The van der Waals surface area contributed by atoms with Gasteiger partial charge in [0.2, 0.25) is 0 Å². The number of ether oxygens (including phenoxy) is 1. The third kappa shape index (κ3) is 3.40. The molecule has 1 unspecified atom stereocenters. The second-order valence-electron chi connectivity index (χ2n) is 7.21. The first-order chi connectivity index (χ1) is 12.7. The highest BCUT2D eigenvalue weighted by atomic mass is 32.1. The number of nitrogens with zero attached hydrogens (tertiary/aromatic N) is 4. The maximum absolute atomic E-state index is 5.52. The standard InChI is InChI=1S/C19H29N5OS/c1-4-17-21-16-7-5-6-15(18(16)26-17)20-12-14-13(2)22-23(3)19(14)24-8-10-25-11-9-24/h15,20H,4-12H2,1-3H3. The molecule has 142 valence electrons. The Balaban J connectivity index is 1.53. The van der Waals surface area contributed by atoms with Crippen molar-refractivity contribution in [1.29, 1.82) is 0 Å². The number of nitrogens with one attached hydrogen (secondary N) is 1. The SMILES string of the molecule is CCc1nc2c(s1)C(NCc1c(C)nn(C)c1N1CCOCC1)CCC2. The van der Waals surface area contributed by atoms with Crippen LogP contribution in [0.15, 0.2) is 0 Å². The first-order valence-corrected chi connectivity index (χ1v) is 10.6. The van der Waals surface area contributed by atoms with Gasteiger partial charge in [0.25, 0.3) is 0 Å². The molecule has 1 atom stereocenters. The lowest BCUT2D eigenvalue weighted by Gasteiger charge is -2.30.